The van der Waals surface area contributed by atoms with Crippen LogP contribution in [0.5, 0.6) is 5.75 Å². The monoisotopic (exact) mass is 294 g/mol. The minimum Gasteiger partial charge on any atom is -0.496 e. The van der Waals surface area contributed by atoms with E-state index in [1.165, 1.54) is 6.07 Å². The second kappa shape index (κ2) is 4.88. The molecule has 0 radical (unpaired) electrons. The van der Waals surface area contributed by atoms with Gasteiger partial charge in [0.15, 0.2) is 0 Å². The highest BCUT2D eigenvalue weighted by atomic mass is 79.9. The van der Waals surface area contributed by atoms with Crippen LogP contribution in [-0.2, 0) is 0 Å². The molecule has 88 valence electrons. The number of benzene rings is 2. The zero-order chi connectivity index (χ0) is 12.4. The summed E-state index contributed by atoms with van der Waals surface area (Å²) in [6, 6.07) is 10.6. The van der Waals surface area contributed by atoms with Crippen molar-refractivity contribution >= 4 is 15.9 Å². The first-order chi connectivity index (χ1) is 8.13. The van der Waals surface area contributed by atoms with Crippen LogP contribution in [0.4, 0.5) is 4.39 Å². The second-order valence-electron chi connectivity index (χ2n) is 3.80. The number of aryl methyl sites for hydroxylation is 1. The lowest BCUT2D eigenvalue weighted by Gasteiger charge is -2.11. The molecule has 1 nitrogen and oxygen atoms in total. The van der Waals surface area contributed by atoms with E-state index in [9.17, 15) is 4.39 Å². The summed E-state index contributed by atoms with van der Waals surface area (Å²) < 4.78 is 19.9. The number of rotatable bonds is 2. The van der Waals surface area contributed by atoms with Crippen LogP contribution in [0.15, 0.2) is 40.9 Å². The highest BCUT2D eigenvalue weighted by molar-refractivity contribution is 9.10. The summed E-state index contributed by atoms with van der Waals surface area (Å²) in [6.07, 6.45) is 0. The van der Waals surface area contributed by atoms with Gasteiger partial charge < -0.3 is 4.74 Å². The zero-order valence-corrected chi connectivity index (χ0v) is 11.2. The second-order valence-corrected chi connectivity index (χ2v) is 4.65. The fourth-order valence-electron chi connectivity index (χ4n) is 1.76. The predicted octanol–water partition coefficient (Wildman–Crippen LogP) is 4.57. The summed E-state index contributed by atoms with van der Waals surface area (Å²) in [6.45, 7) is 1.97. The van der Waals surface area contributed by atoms with Crippen molar-refractivity contribution in [2.45, 2.75) is 6.92 Å². The maximum atomic E-state index is 13.9. The molecule has 0 atom stereocenters. The van der Waals surface area contributed by atoms with E-state index in [-0.39, 0.29) is 5.82 Å². The number of hydrogen-bond donors (Lipinski definition) is 0. The molecule has 0 spiro atoms. The van der Waals surface area contributed by atoms with Crippen molar-refractivity contribution in [1.29, 1.82) is 0 Å². The third-order valence-electron chi connectivity index (χ3n) is 2.59. The van der Waals surface area contributed by atoms with Gasteiger partial charge in [-0.25, -0.2) is 4.39 Å². The predicted molar refractivity (Wildman–Crippen MR) is 70.8 cm³/mol. The largest absolute Gasteiger partial charge is 0.496 e. The minimum atomic E-state index is -0.262. The molecule has 0 aromatic heterocycles. The van der Waals surface area contributed by atoms with Crippen LogP contribution in [0, 0.1) is 12.7 Å². The molecule has 0 aliphatic heterocycles. The fourth-order valence-corrected chi connectivity index (χ4v) is 2.32. The van der Waals surface area contributed by atoms with Crippen LogP contribution in [0.1, 0.15) is 5.56 Å². The molecule has 0 aliphatic rings. The summed E-state index contributed by atoms with van der Waals surface area (Å²) in [5.74, 6) is 0.414. The van der Waals surface area contributed by atoms with Gasteiger partial charge in [0.25, 0.3) is 0 Å². The third kappa shape index (κ3) is 2.34. The standard InChI is InChI=1S/C14H12BrFO/c1-9-6-7-10(13(8-9)17-2)14-11(15)4-3-5-12(14)16/h3-8H,1-2H3. The Morgan fingerprint density at radius 3 is 2.59 bits per heavy atom. The topological polar surface area (TPSA) is 9.23 Å². The molecular weight excluding hydrogens is 283 g/mol. The molecule has 0 N–H and O–H groups in total. The van der Waals surface area contributed by atoms with Crippen LogP contribution in [-0.4, -0.2) is 7.11 Å². The molecule has 3 heteroatoms. The molecule has 17 heavy (non-hydrogen) atoms. The van der Waals surface area contributed by atoms with E-state index in [0.717, 1.165) is 15.6 Å². The Morgan fingerprint density at radius 2 is 1.94 bits per heavy atom. The highest BCUT2D eigenvalue weighted by Gasteiger charge is 2.13. The Hall–Kier alpha value is -1.35. The van der Waals surface area contributed by atoms with Gasteiger partial charge in [0.2, 0.25) is 0 Å². The van der Waals surface area contributed by atoms with E-state index in [4.69, 9.17) is 4.74 Å². The number of ether oxygens (including phenoxy) is 1. The normalized spacial score (nSPS) is 10.4. The Labute approximate surface area is 108 Å². The minimum absolute atomic E-state index is 0.262. The Balaban J connectivity index is 2.68. The lowest BCUT2D eigenvalue weighted by atomic mass is 10.0. The molecule has 0 fully saturated rings. The van der Waals surface area contributed by atoms with Gasteiger partial charge in [0, 0.05) is 15.6 Å². The van der Waals surface area contributed by atoms with Crippen molar-refractivity contribution in [2.24, 2.45) is 0 Å². The maximum absolute atomic E-state index is 13.9. The number of halogens is 2. The average Bonchev–Trinajstić information content (AvgIpc) is 2.30. The molecule has 2 aromatic rings. The van der Waals surface area contributed by atoms with Gasteiger partial charge >= 0.3 is 0 Å². The summed E-state index contributed by atoms with van der Waals surface area (Å²) in [5.41, 5.74) is 2.37. The van der Waals surface area contributed by atoms with E-state index in [2.05, 4.69) is 15.9 Å². The quantitative estimate of drug-likeness (QED) is 0.788. The SMILES string of the molecule is COc1cc(C)ccc1-c1c(F)cccc1Br. The third-order valence-corrected chi connectivity index (χ3v) is 3.25. The van der Waals surface area contributed by atoms with Crippen molar-refractivity contribution in [3.63, 3.8) is 0 Å². The van der Waals surface area contributed by atoms with Crippen molar-refractivity contribution in [2.75, 3.05) is 7.11 Å². The Kier molecular flexibility index (Phi) is 3.48. The first-order valence-corrected chi connectivity index (χ1v) is 6.02. The van der Waals surface area contributed by atoms with E-state index in [1.807, 2.05) is 31.2 Å². The molecule has 0 saturated heterocycles. The summed E-state index contributed by atoms with van der Waals surface area (Å²) in [7, 11) is 1.59. The summed E-state index contributed by atoms with van der Waals surface area (Å²) in [4.78, 5) is 0. The van der Waals surface area contributed by atoms with Crippen LogP contribution in [0.2, 0.25) is 0 Å². The van der Waals surface area contributed by atoms with E-state index in [0.29, 0.717) is 11.3 Å². The fraction of sp³-hybridized carbons (Fsp3) is 0.143. The lowest BCUT2D eigenvalue weighted by Crippen LogP contribution is -1.92. The smallest absolute Gasteiger partial charge is 0.132 e. The molecule has 0 heterocycles. The lowest BCUT2D eigenvalue weighted by molar-refractivity contribution is 0.416. The first-order valence-electron chi connectivity index (χ1n) is 5.22. The molecule has 2 aromatic carbocycles. The highest BCUT2D eigenvalue weighted by Crippen LogP contribution is 2.37. The Morgan fingerprint density at radius 1 is 1.18 bits per heavy atom. The van der Waals surface area contributed by atoms with Crippen molar-refractivity contribution in [3.05, 3.63) is 52.3 Å². The molecule has 0 bridgehead atoms. The summed E-state index contributed by atoms with van der Waals surface area (Å²) in [5, 5.41) is 0. The van der Waals surface area contributed by atoms with Crippen LogP contribution in [0.25, 0.3) is 11.1 Å². The number of methoxy groups -OCH3 is 1. The first kappa shape index (κ1) is 12.1. The van der Waals surface area contributed by atoms with Gasteiger partial charge in [-0.15, -0.1) is 0 Å². The number of hydrogen-bond acceptors (Lipinski definition) is 1. The van der Waals surface area contributed by atoms with Crippen molar-refractivity contribution in [1.82, 2.24) is 0 Å². The van der Waals surface area contributed by atoms with Gasteiger partial charge in [-0.05, 0) is 30.7 Å². The average molecular weight is 295 g/mol. The molecule has 2 rings (SSSR count). The van der Waals surface area contributed by atoms with Crippen LogP contribution < -0.4 is 4.74 Å². The van der Waals surface area contributed by atoms with Gasteiger partial charge in [0.05, 0.1) is 7.11 Å². The molecule has 0 aliphatic carbocycles. The molecule has 0 amide bonds. The van der Waals surface area contributed by atoms with Gasteiger partial charge in [-0.1, -0.05) is 34.1 Å². The van der Waals surface area contributed by atoms with E-state index < -0.39 is 0 Å². The Bertz CT molecular complexity index is 532. The zero-order valence-electron chi connectivity index (χ0n) is 9.63. The van der Waals surface area contributed by atoms with E-state index >= 15 is 0 Å². The van der Waals surface area contributed by atoms with Gasteiger partial charge in [-0.2, -0.15) is 0 Å². The van der Waals surface area contributed by atoms with Crippen LogP contribution in [0.3, 0.4) is 0 Å². The van der Waals surface area contributed by atoms with Gasteiger partial charge in [-0.3, -0.25) is 0 Å². The molecule has 0 saturated carbocycles. The van der Waals surface area contributed by atoms with Crippen molar-refractivity contribution < 1.29 is 9.13 Å². The van der Waals surface area contributed by atoms with Crippen LogP contribution >= 0.6 is 15.9 Å². The maximum Gasteiger partial charge on any atom is 0.132 e. The van der Waals surface area contributed by atoms with E-state index in [1.54, 1.807) is 13.2 Å². The van der Waals surface area contributed by atoms with Crippen molar-refractivity contribution in [3.8, 4) is 16.9 Å². The molecular formula is C14H12BrFO. The summed E-state index contributed by atoms with van der Waals surface area (Å²) >= 11 is 3.37. The van der Waals surface area contributed by atoms with Gasteiger partial charge in [0.1, 0.15) is 11.6 Å². The molecule has 0 unspecified atom stereocenters.